The van der Waals surface area contributed by atoms with Gasteiger partial charge < -0.3 is 9.80 Å². The fraction of sp³-hybridized carbons (Fsp3) is 0.619. The van der Waals surface area contributed by atoms with E-state index in [9.17, 15) is 14.9 Å². The number of likely N-dealkylation sites (tertiary alicyclic amines) is 2. The van der Waals surface area contributed by atoms with Crippen molar-refractivity contribution in [1.29, 1.82) is 5.26 Å². The molecule has 1 aromatic rings. The van der Waals surface area contributed by atoms with Gasteiger partial charge in [-0.25, -0.2) is 0 Å². The number of pyridine rings is 1. The molecule has 3 fully saturated rings. The lowest BCUT2D eigenvalue weighted by Gasteiger charge is -2.40. The first-order valence-electron chi connectivity index (χ1n) is 9.93. The number of carbonyl (C=O) groups is 2. The van der Waals surface area contributed by atoms with E-state index in [-0.39, 0.29) is 17.2 Å². The number of amides is 2. The summed E-state index contributed by atoms with van der Waals surface area (Å²) in [4.78, 5) is 33.4. The summed E-state index contributed by atoms with van der Waals surface area (Å²) in [5.41, 5.74) is 0.292. The van der Waals surface area contributed by atoms with Crippen molar-refractivity contribution in [3.8, 4) is 6.07 Å². The van der Waals surface area contributed by atoms with Gasteiger partial charge in [-0.1, -0.05) is 12.8 Å². The fourth-order valence-corrected chi connectivity index (χ4v) is 5.01. The van der Waals surface area contributed by atoms with Crippen LogP contribution in [0.4, 0.5) is 0 Å². The highest BCUT2D eigenvalue weighted by molar-refractivity contribution is 5.86. The quantitative estimate of drug-likeness (QED) is 0.823. The van der Waals surface area contributed by atoms with E-state index in [4.69, 9.17) is 0 Å². The molecule has 2 aliphatic heterocycles. The summed E-state index contributed by atoms with van der Waals surface area (Å²) < 4.78 is 0. The van der Waals surface area contributed by atoms with Crippen LogP contribution in [-0.2, 0) is 16.1 Å². The molecular formula is C21H26N4O2. The zero-order valence-corrected chi connectivity index (χ0v) is 15.7. The Kier molecular flexibility index (Phi) is 4.63. The molecule has 1 aromatic heterocycles. The van der Waals surface area contributed by atoms with E-state index in [0.29, 0.717) is 38.9 Å². The van der Waals surface area contributed by atoms with Crippen molar-refractivity contribution >= 4 is 11.8 Å². The second-order valence-electron chi connectivity index (χ2n) is 8.48. The van der Waals surface area contributed by atoms with Crippen LogP contribution in [0.3, 0.4) is 0 Å². The van der Waals surface area contributed by atoms with Crippen LogP contribution in [0.15, 0.2) is 24.5 Å². The van der Waals surface area contributed by atoms with Crippen molar-refractivity contribution in [2.24, 2.45) is 10.8 Å². The summed E-state index contributed by atoms with van der Waals surface area (Å²) in [5, 5.41) is 9.58. The van der Waals surface area contributed by atoms with E-state index < -0.39 is 5.41 Å². The zero-order chi connectivity index (χ0) is 18.9. The van der Waals surface area contributed by atoms with Crippen LogP contribution in [-0.4, -0.2) is 46.2 Å². The van der Waals surface area contributed by atoms with Crippen molar-refractivity contribution in [1.82, 2.24) is 14.8 Å². The number of carbonyl (C=O) groups excluding carboxylic acids is 2. The lowest BCUT2D eigenvalue weighted by atomic mass is 9.76. The van der Waals surface area contributed by atoms with E-state index in [1.165, 1.54) is 0 Å². The Balaban J connectivity index is 1.38. The third kappa shape index (κ3) is 3.31. The van der Waals surface area contributed by atoms with Gasteiger partial charge in [0.2, 0.25) is 11.8 Å². The van der Waals surface area contributed by atoms with Gasteiger partial charge in [0, 0.05) is 50.4 Å². The molecule has 6 heteroatoms. The first-order chi connectivity index (χ1) is 13.1. The van der Waals surface area contributed by atoms with Crippen LogP contribution in [0.2, 0.25) is 0 Å². The summed E-state index contributed by atoms with van der Waals surface area (Å²) in [7, 11) is 0. The van der Waals surface area contributed by atoms with Crippen molar-refractivity contribution in [3.05, 3.63) is 30.1 Å². The summed E-state index contributed by atoms with van der Waals surface area (Å²) in [6.45, 7) is 2.72. The van der Waals surface area contributed by atoms with Gasteiger partial charge >= 0.3 is 0 Å². The van der Waals surface area contributed by atoms with Gasteiger partial charge in [0.1, 0.15) is 5.41 Å². The molecule has 142 valence electrons. The highest BCUT2D eigenvalue weighted by Gasteiger charge is 2.49. The molecule has 3 aliphatic rings. The highest BCUT2D eigenvalue weighted by Crippen LogP contribution is 2.44. The SMILES string of the molecule is N#CC1(C(=O)N2CCC3(CC2)CC(=O)N(Cc2ccncc2)C3)CCCC1. The topological polar surface area (TPSA) is 77.3 Å². The third-order valence-corrected chi connectivity index (χ3v) is 6.72. The molecule has 2 saturated heterocycles. The maximum atomic E-state index is 12.9. The molecule has 4 rings (SSSR count). The number of aromatic nitrogens is 1. The van der Waals surface area contributed by atoms with Crippen LogP contribution in [0, 0.1) is 22.2 Å². The first kappa shape index (κ1) is 18.0. The lowest BCUT2D eigenvalue weighted by molar-refractivity contribution is -0.141. The average Bonchev–Trinajstić information content (AvgIpc) is 3.29. The Morgan fingerprint density at radius 3 is 2.44 bits per heavy atom. The molecule has 6 nitrogen and oxygen atoms in total. The van der Waals surface area contributed by atoms with E-state index >= 15 is 0 Å². The first-order valence-corrected chi connectivity index (χ1v) is 9.93. The number of rotatable bonds is 3. The Bertz CT molecular complexity index is 756. The Hall–Kier alpha value is -2.42. The predicted octanol–water partition coefficient (Wildman–Crippen LogP) is 2.51. The van der Waals surface area contributed by atoms with Crippen LogP contribution >= 0.6 is 0 Å². The molecule has 0 aromatic carbocycles. The Morgan fingerprint density at radius 2 is 1.81 bits per heavy atom. The van der Waals surface area contributed by atoms with Gasteiger partial charge in [0.15, 0.2) is 0 Å². The number of piperidine rings is 1. The minimum atomic E-state index is -0.788. The summed E-state index contributed by atoms with van der Waals surface area (Å²) in [5.74, 6) is 0.228. The summed E-state index contributed by atoms with van der Waals surface area (Å²) >= 11 is 0. The van der Waals surface area contributed by atoms with E-state index in [1.807, 2.05) is 21.9 Å². The molecule has 0 radical (unpaired) electrons. The molecular weight excluding hydrogens is 340 g/mol. The monoisotopic (exact) mass is 366 g/mol. The molecule has 0 atom stereocenters. The van der Waals surface area contributed by atoms with Gasteiger partial charge in [0.05, 0.1) is 6.07 Å². The number of hydrogen-bond donors (Lipinski definition) is 0. The van der Waals surface area contributed by atoms with Crippen LogP contribution in [0.25, 0.3) is 0 Å². The second kappa shape index (κ2) is 6.95. The standard InChI is InChI=1S/C21H26N4O2/c22-15-21(5-1-2-6-21)19(27)24-11-7-20(8-12-24)13-18(26)25(16-20)14-17-3-9-23-10-4-17/h3-4,9-10H,1-2,5-8,11-14,16H2. The average molecular weight is 366 g/mol. The third-order valence-electron chi connectivity index (χ3n) is 6.72. The maximum Gasteiger partial charge on any atom is 0.243 e. The van der Waals surface area contributed by atoms with Gasteiger partial charge in [-0.2, -0.15) is 5.26 Å². The lowest BCUT2D eigenvalue weighted by Crippen LogP contribution is -2.49. The second-order valence-corrected chi connectivity index (χ2v) is 8.48. The van der Waals surface area contributed by atoms with Gasteiger partial charge in [-0.3, -0.25) is 14.6 Å². The molecule has 3 heterocycles. The van der Waals surface area contributed by atoms with Crippen molar-refractivity contribution in [2.75, 3.05) is 19.6 Å². The molecule has 1 aliphatic carbocycles. The smallest absolute Gasteiger partial charge is 0.243 e. The molecule has 2 amide bonds. The van der Waals surface area contributed by atoms with Crippen LogP contribution in [0.1, 0.15) is 50.5 Å². The summed E-state index contributed by atoms with van der Waals surface area (Å²) in [6, 6.07) is 6.21. The Labute approximate surface area is 160 Å². The molecule has 0 N–H and O–H groups in total. The molecule has 27 heavy (non-hydrogen) atoms. The molecule has 0 unspecified atom stereocenters. The normalized spacial score (nSPS) is 23.6. The maximum absolute atomic E-state index is 12.9. The van der Waals surface area contributed by atoms with E-state index in [1.54, 1.807) is 12.4 Å². The van der Waals surface area contributed by atoms with Crippen molar-refractivity contribution in [3.63, 3.8) is 0 Å². The minimum absolute atomic E-state index is 0.0175. The largest absolute Gasteiger partial charge is 0.341 e. The van der Waals surface area contributed by atoms with Crippen molar-refractivity contribution < 1.29 is 9.59 Å². The number of nitrogens with zero attached hydrogens (tertiary/aromatic N) is 4. The van der Waals surface area contributed by atoms with Crippen molar-refractivity contribution in [2.45, 2.75) is 51.5 Å². The molecule has 1 spiro atoms. The van der Waals surface area contributed by atoms with Crippen LogP contribution < -0.4 is 0 Å². The minimum Gasteiger partial charge on any atom is -0.341 e. The van der Waals surface area contributed by atoms with Gasteiger partial charge in [0.25, 0.3) is 0 Å². The van der Waals surface area contributed by atoms with Gasteiger partial charge in [-0.05, 0) is 43.4 Å². The highest BCUT2D eigenvalue weighted by atomic mass is 16.2. The number of nitriles is 1. The fourth-order valence-electron chi connectivity index (χ4n) is 5.01. The van der Waals surface area contributed by atoms with E-state index in [2.05, 4.69) is 11.1 Å². The Morgan fingerprint density at radius 1 is 1.15 bits per heavy atom. The van der Waals surface area contributed by atoms with E-state index in [0.717, 1.165) is 37.8 Å². The molecule has 1 saturated carbocycles. The van der Waals surface area contributed by atoms with Gasteiger partial charge in [-0.15, -0.1) is 0 Å². The predicted molar refractivity (Wildman–Crippen MR) is 99.0 cm³/mol. The summed E-state index contributed by atoms with van der Waals surface area (Å²) in [6.07, 6.45) is 9.10. The van der Waals surface area contributed by atoms with Crippen LogP contribution in [0.5, 0.6) is 0 Å². The zero-order valence-electron chi connectivity index (χ0n) is 15.7. The number of hydrogen-bond acceptors (Lipinski definition) is 4. The molecule has 0 bridgehead atoms.